The summed E-state index contributed by atoms with van der Waals surface area (Å²) in [4.78, 5) is 2.11. The maximum Gasteiger partial charge on any atom is 0.123 e. The zero-order valence-corrected chi connectivity index (χ0v) is 11.5. The first-order chi connectivity index (χ1) is 8.06. The number of thioether (sulfide) groups is 1. The Morgan fingerprint density at radius 1 is 1.41 bits per heavy atom. The molecule has 0 aliphatic heterocycles. The van der Waals surface area contributed by atoms with E-state index in [4.69, 9.17) is 0 Å². The summed E-state index contributed by atoms with van der Waals surface area (Å²) in [5.74, 6) is 1.30. The molecule has 0 radical (unpaired) electrons. The van der Waals surface area contributed by atoms with Crippen molar-refractivity contribution in [3.05, 3.63) is 23.8 Å². The highest BCUT2D eigenvalue weighted by Gasteiger charge is 2.09. The zero-order valence-electron chi connectivity index (χ0n) is 10.7. The molecule has 0 aliphatic carbocycles. The highest BCUT2D eigenvalue weighted by Crippen LogP contribution is 2.28. The molecule has 0 heterocycles. The van der Waals surface area contributed by atoms with Crippen LogP contribution in [0.5, 0.6) is 5.75 Å². The van der Waals surface area contributed by atoms with Gasteiger partial charge in [-0.2, -0.15) is 11.8 Å². The van der Waals surface area contributed by atoms with Gasteiger partial charge in [0, 0.05) is 30.9 Å². The summed E-state index contributed by atoms with van der Waals surface area (Å²) >= 11 is 1.84. The van der Waals surface area contributed by atoms with Crippen molar-refractivity contribution in [3.8, 4) is 5.75 Å². The van der Waals surface area contributed by atoms with Crippen LogP contribution in [0, 0.1) is 0 Å². The summed E-state index contributed by atoms with van der Waals surface area (Å²) in [7, 11) is 2.01. The van der Waals surface area contributed by atoms with Gasteiger partial charge in [0.05, 0.1) is 6.10 Å². The molecule has 0 saturated heterocycles. The van der Waals surface area contributed by atoms with Gasteiger partial charge in [0.25, 0.3) is 0 Å². The number of aromatic hydroxyl groups is 1. The van der Waals surface area contributed by atoms with E-state index in [2.05, 4.69) is 11.2 Å². The van der Waals surface area contributed by atoms with Crippen molar-refractivity contribution in [2.24, 2.45) is 0 Å². The van der Waals surface area contributed by atoms with E-state index >= 15 is 0 Å². The minimum Gasteiger partial charge on any atom is -0.507 e. The Bertz CT molecular complexity index is 355. The molecule has 1 unspecified atom stereocenters. The van der Waals surface area contributed by atoms with Crippen molar-refractivity contribution in [1.82, 2.24) is 0 Å². The maximum atomic E-state index is 9.79. The smallest absolute Gasteiger partial charge is 0.123 e. The first-order valence-electron chi connectivity index (χ1n) is 5.77. The number of hydrogen-bond donors (Lipinski definition) is 2. The van der Waals surface area contributed by atoms with E-state index in [0.717, 1.165) is 24.4 Å². The van der Waals surface area contributed by atoms with E-state index in [-0.39, 0.29) is 5.75 Å². The zero-order chi connectivity index (χ0) is 12.8. The molecule has 0 fully saturated rings. The van der Waals surface area contributed by atoms with E-state index in [0.29, 0.717) is 5.56 Å². The predicted molar refractivity (Wildman–Crippen MR) is 75.0 cm³/mol. The molecular formula is C13H21NO2S. The van der Waals surface area contributed by atoms with Crippen molar-refractivity contribution in [1.29, 1.82) is 0 Å². The van der Waals surface area contributed by atoms with Gasteiger partial charge < -0.3 is 15.1 Å². The number of nitrogens with zero attached hydrogens (tertiary/aromatic N) is 1. The van der Waals surface area contributed by atoms with Crippen molar-refractivity contribution < 1.29 is 10.2 Å². The summed E-state index contributed by atoms with van der Waals surface area (Å²) < 4.78 is 0. The average Bonchev–Trinajstić information content (AvgIpc) is 2.28. The Hall–Kier alpha value is -0.870. The van der Waals surface area contributed by atoms with Crippen LogP contribution in [0.4, 0.5) is 5.69 Å². The first-order valence-corrected chi connectivity index (χ1v) is 7.16. The summed E-state index contributed by atoms with van der Waals surface area (Å²) in [6.07, 6.45) is 2.59. The lowest BCUT2D eigenvalue weighted by Crippen LogP contribution is -2.18. The highest BCUT2D eigenvalue weighted by molar-refractivity contribution is 7.98. The fraction of sp³-hybridized carbons (Fsp3) is 0.538. The second-order valence-corrected chi connectivity index (χ2v) is 5.17. The number of rotatable bonds is 6. The van der Waals surface area contributed by atoms with Gasteiger partial charge in [0.2, 0.25) is 0 Å². The van der Waals surface area contributed by atoms with E-state index in [9.17, 15) is 10.2 Å². The molecule has 0 bridgehead atoms. The predicted octanol–water partition coefficient (Wildman–Crippen LogP) is 2.63. The van der Waals surface area contributed by atoms with Gasteiger partial charge in [0.15, 0.2) is 0 Å². The lowest BCUT2D eigenvalue weighted by Gasteiger charge is -2.20. The minimum absolute atomic E-state index is 0.161. The number of phenols is 1. The quantitative estimate of drug-likeness (QED) is 0.767. The number of hydrogen-bond acceptors (Lipinski definition) is 4. The lowest BCUT2D eigenvalue weighted by atomic mass is 10.1. The van der Waals surface area contributed by atoms with Crippen LogP contribution in [0.2, 0.25) is 0 Å². The van der Waals surface area contributed by atoms with Gasteiger partial charge in [0.1, 0.15) is 5.75 Å². The summed E-state index contributed by atoms with van der Waals surface area (Å²) in [6, 6.07) is 5.42. The second-order valence-electron chi connectivity index (χ2n) is 4.19. The molecule has 0 spiro atoms. The number of aliphatic hydroxyl groups excluding tert-OH is 1. The molecule has 1 aromatic carbocycles. The van der Waals surface area contributed by atoms with Crippen molar-refractivity contribution in [2.45, 2.75) is 19.4 Å². The van der Waals surface area contributed by atoms with Crippen LogP contribution >= 0.6 is 11.8 Å². The summed E-state index contributed by atoms with van der Waals surface area (Å²) in [5, 5.41) is 19.2. The van der Waals surface area contributed by atoms with Gasteiger partial charge in [-0.05, 0) is 31.4 Å². The number of aliphatic hydroxyl groups is 1. The average molecular weight is 255 g/mol. The molecule has 0 amide bonds. The molecule has 0 aromatic heterocycles. The van der Waals surface area contributed by atoms with Crippen LogP contribution in [-0.2, 0) is 0 Å². The van der Waals surface area contributed by atoms with Crippen molar-refractivity contribution in [2.75, 3.05) is 30.5 Å². The van der Waals surface area contributed by atoms with Crippen molar-refractivity contribution >= 4 is 17.4 Å². The van der Waals surface area contributed by atoms with Gasteiger partial charge >= 0.3 is 0 Å². The molecule has 3 nitrogen and oxygen atoms in total. The van der Waals surface area contributed by atoms with E-state index < -0.39 is 6.10 Å². The van der Waals surface area contributed by atoms with Crippen LogP contribution in [-0.4, -0.2) is 35.8 Å². The number of phenolic OH excluding ortho intramolecular Hbond substituents is 1. The summed E-state index contributed by atoms with van der Waals surface area (Å²) in [5.41, 5.74) is 1.55. The topological polar surface area (TPSA) is 43.7 Å². The van der Waals surface area contributed by atoms with Gasteiger partial charge in [-0.25, -0.2) is 0 Å². The lowest BCUT2D eigenvalue weighted by molar-refractivity contribution is 0.195. The Labute approximate surface area is 107 Å². The molecule has 96 valence electrons. The Balaban J connectivity index is 2.69. The molecule has 0 aliphatic rings. The van der Waals surface area contributed by atoms with E-state index in [1.165, 1.54) is 0 Å². The Kier molecular flexibility index (Phi) is 5.65. The van der Waals surface area contributed by atoms with Gasteiger partial charge in [-0.1, -0.05) is 6.07 Å². The molecule has 1 atom stereocenters. The van der Waals surface area contributed by atoms with Crippen LogP contribution < -0.4 is 4.90 Å². The molecule has 0 saturated carbocycles. The van der Waals surface area contributed by atoms with Gasteiger partial charge in [-0.3, -0.25) is 0 Å². The van der Waals surface area contributed by atoms with E-state index in [1.54, 1.807) is 19.1 Å². The molecule has 2 N–H and O–H groups in total. The van der Waals surface area contributed by atoms with Gasteiger partial charge in [-0.15, -0.1) is 0 Å². The van der Waals surface area contributed by atoms with Crippen molar-refractivity contribution in [3.63, 3.8) is 0 Å². The van der Waals surface area contributed by atoms with Crippen LogP contribution in [0.1, 0.15) is 25.0 Å². The molecule has 1 rings (SSSR count). The maximum absolute atomic E-state index is 9.79. The fourth-order valence-electron chi connectivity index (χ4n) is 1.70. The number of benzene rings is 1. The number of anilines is 1. The third kappa shape index (κ3) is 4.13. The standard InChI is InChI=1S/C13H21NO2S/c1-10(15)12-6-5-11(9-13(12)16)14(2)7-4-8-17-3/h5-6,9-10,15-16H,4,7-8H2,1-3H3. The van der Waals surface area contributed by atoms with E-state index in [1.807, 2.05) is 24.9 Å². The first kappa shape index (κ1) is 14.2. The highest BCUT2D eigenvalue weighted by atomic mass is 32.2. The van der Waals surface area contributed by atoms with Crippen LogP contribution in [0.15, 0.2) is 18.2 Å². The summed E-state index contributed by atoms with van der Waals surface area (Å²) in [6.45, 7) is 2.62. The van der Waals surface area contributed by atoms with Crippen LogP contribution in [0.25, 0.3) is 0 Å². The molecule has 4 heteroatoms. The largest absolute Gasteiger partial charge is 0.507 e. The third-order valence-corrected chi connectivity index (χ3v) is 3.44. The SMILES string of the molecule is CSCCCN(C)c1ccc(C(C)O)c(O)c1. The second kappa shape index (κ2) is 6.77. The van der Waals surface area contributed by atoms with Crippen LogP contribution in [0.3, 0.4) is 0 Å². The normalized spacial score (nSPS) is 12.5. The third-order valence-electron chi connectivity index (χ3n) is 2.75. The fourth-order valence-corrected chi connectivity index (χ4v) is 2.12. The Morgan fingerprint density at radius 2 is 2.12 bits per heavy atom. The monoisotopic (exact) mass is 255 g/mol. The molecule has 17 heavy (non-hydrogen) atoms. The molecule has 1 aromatic rings. The molecular weight excluding hydrogens is 234 g/mol. The Morgan fingerprint density at radius 3 is 2.65 bits per heavy atom. The minimum atomic E-state index is -0.633.